The minimum absolute atomic E-state index is 0.166. The summed E-state index contributed by atoms with van der Waals surface area (Å²) in [5.74, 6) is 1.38. The maximum absolute atomic E-state index is 5.46. The number of oxazole rings is 1. The van der Waals surface area contributed by atoms with E-state index in [1.165, 1.54) is 34.2 Å². The highest BCUT2D eigenvalue weighted by atomic mass is 16.3. The molecule has 0 N–H and O–H groups in total. The fraction of sp³-hybridized carbons (Fsp3) is 0.417. The minimum Gasteiger partial charge on any atom is -0.448 e. The molecule has 3 rings (SSSR count). The van der Waals surface area contributed by atoms with Crippen LogP contribution in [-0.2, 0) is 6.42 Å². The molecule has 3 heteroatoms. The Morgan fingerprint density at radius 2 is 1.67 bits per heavy atom. The largest absolute Gasteiger partial charge is 0.448 e. The van der Waals surface area contributed by atoms with Gasteiger partial charge in [-0.05, 0) is 67.5 Å². The molecule has 0 saturated heterocycles. The first-order valence-electron chi connectivity index (χ1n) is 9.93. The van der Waals surface area contributed by atoms with Crippen molar-refractivity contribution in [2.45, 2.75) is 66.2 Å². The van der Waals surface area contributed by atoms with Crippen molar-refractivity contribution >= 4 is 0 Å². The number of hydrogen-bond donors (Lipinski definition) is 0. The highest BCUT2D eigenvalue weighted by Crippen LogP contribution is 2.35. The van der Waals surface area contributed by atoms with E-state index >= 15 is 0 Å². The third-order valence-corrected chi connectivity index (χ3v) is 5.94. The third kappa shape index (κ3) is 3.55. The number of hydrogen-bond acceptors (Lipinski definition) is 3. The maximum Gasteiger partial charge on any atom is 0.181 e. The lowest BCUT2D eigenvalue weighted by atomic mass is 9.83. The van der Waals surface area contributed by atoms with E-state index < -0.39 is 0 Å². The number of rotatable bonds is 6. The van der Waals surface area contributed by atoms with Crippen LogP contribution in [0.1, 0.15) is 84.0 Å². The summed E-state index contributed by atoms with van der Waals surface area (Å²) in [5.41, 5.74) is 8.96. The minimum atomic E-state index is 0.166. The van der Waals surface area contributed by atoms with Crippen molar-refractivity contribution < 1.29 is 4.42 Å². The molecule has 0 aliphatic rings. The van der Waals surface area contributed by atoms with Crippen LogP contribution in [0.4, 0.5) is 0 Å². The molecule has 0 saturated carbocycles. The van der Waals surface area contributed by atoms with Crippen molar-refractivity contribution in [3.8, 4) is 0 Å². The Hall–Kier alpha value is -2.42. The van der Waals surface area contributed by atoms with Crippen LogP contribution in [0.25, 0.3) is 0 Å². The van der Waals surface area contributed by atoms with Gasteiger partial charge in [-0.1, -0.05) is 39.0 Å². The van der Waals surface area contributed by atoms with Gasteiger partial charge >= 0.3 is 0 Å². The van der Waals surface area contributed by atoms with Crippen LogP contribution in [0.3, 0.4) is 0 Å². The molecular weight excluding hydrogens is 332 g/mol. The molecule has 2 heterocycles. The standard InChI is InChI=1S/C24H30N2O/c1-7-19-10-9-11-21(15(19)3)16(4)22-12-13-25-23(17(22)5)20(8-2)24-18(6)27-14-26-24/h9-14,16,20H,7-8H2,1-6H3. The second-order valence-corrected chi connectivity index (χ2v) is 7.37. The van der Waals surface area contributed by atoms with Crippen LogP contribution in [0, 0.1) is 20.8 Å². The van der Waals surface area contributed by atoms with Crippen molar-refractivity contribution in [1.82, 2.24) is 9.97 Å². The summed E-state index contributed by atoms with van der Waals surface area (Å²) in [5, 5.41) is 0. The van der Waals surface area contributed by atoms with Crippen LogP contribution in [0.5, 0.6) is 0 Å². The number of benzene rings is 1. The first-order valence-corrected chi connectivity index (χ1v) is 9.93. The summed E-state index contributed by atoms with van der Waals surface area (Å²) in [7, 11) is 0. The van der Waals surface area contributed by atoms with E-state index in [0.29, 0.717) is 5.92 Å². The molecule has 0 spiro atoms. The van der Waals surface area contributed by atoms with Gasteiger partial charge in [0.15, 0.2) is 6.39 Å². The highest BCUT2D eigenvalue weighted by molar-refractivity contribution is 5.45. The van der Waals surface area contributed by atoms with Gasteiger partial charge in [0.25, 0.3) is 0 Å². The third-order valence-electron chi connectivity index (χ3n) is 5.94. The monoisotopic (exact) mass is 362 g/mol. The molecule has 0 aliphatic heterocycles. The van der Waals surface area contributed by atoms with E-state index in [1.54, 1.807) is 0 Å². The van der Waals surface area contributed by atoms with E-state index in [4.69, 9.17) is 9.40 Å². The summed E-state index contributed by atoms with van der Waals surface area (Å²) in [6.07, 6.45) is 5.50. The van der Waals surface area contributed by atoms with Crippen molar-refractivity contribution in [3.05, 3.63) is 81.8 Å². The number of pyridine rings is 1. The van der Waals surface area contributed by atoms with Gasteiger partial charge < -0.3 is 4.42 Å². The molecule has 3 aromatic rings. The smallest absolute Gasteiger partial charge is 0.181 e. The number of aryl methyl sites for hydroxylation is 2. The summed E-state index contributed by atoms with van der Waals surface area (Å²) in [6, 6.07) is 8.85. The van der Waals surface area contributed by atoms with Gasteiger partial charge in [-0.2, -0.15) is 0 Å². The first-order chi connectivity index (χ1) is 13.0. The molecule has 27 heavy (non-hydrogen) atoms. The zero-order chi connectivity index (χ0) is 19.6. The first kappa shape index (κ1) is 19.3. The lowest BCUT2D eigenvalue weighted by Crippen LogP contribution is -2.10. The highest BCUT2D eigenvalue weighted by Gasteiger charge is 2.24. The normalized spacial score (nSPS) is 13.6. The molecule has 0 bridgehead atoms. The summed E-state index contributed by atoms with van der Waals surface area (Å²) < 4.78 is 5.46. The summed E-state index contributed by atoms with van der Waals surface area (Å²) in [6.45, 7) is 13.1. The molecular formula is C24H30N2O. The second kappa shape index (κ2) is 8.08. The number of aromatic nitrogens is 2. The van der Waals surface area contributed by atoms with Crippen LogP contribution >= 0.6 is 0 Å². The molecule has 2 unspecified atom stereocenters. The summed E-state index contributed by atoms with van der Waals surface area (Å²) >= 11 is 0. The van der Waals surface area contributed by atoms with Gasteiger partial charge in [-0.3, -0.25) is 4.98 Å². The van der Waals surface area contributed by atoms with Gasteiger partial charge in [0.05, 0.1) is 11.4 Å². The zero-order valence-corrected chi connectivity index (χ0v) is 17.3. The Labute approximate surface area is 162 Å². The predicted molar refractivity (Wildman–Crippen MR) is 110 cm³/mol. The second-order valence-electron chi connectivity index (χ2n) is 7.37. The predicted octanol–water partition coefficient (Wildman–Crippen LogP) is 6.25. The van der Waals surface area contributed by atoms with Crippen molar-refractivity contribution in [1.29, 1.82) is 0 Å². The molecule has 142 valence electrons. The fourth-order valence-electron chi connectivity index (χ4n) is 4.28. The average molecular weight is 363 g/mol. The topological polar surface area (TPSA) is 38.9 Å². The van der Waals surface area contributed by atoms with Crippen LogP contribution in [0.2, 0.25) is 0 Å². The van der Waals surface area contributed by atoms with Gasteiger partial charge in [0.1, 0.15) is 5.76 Å². The molecule has 0 fully saturated rings. The van der Waals surface area contributed by atoms with Gasteiger partial charge in [0, 0.05) is 18.0 Å². The van der Waals surface area contributed by atoms with E-state index in [9.17, 15) is 0 Å². The Morgan fingerprint density at radius 1 is 0.926 bits per heavy atom. The van der Waals surface area contributed by atoms with Crippen LogP contribution in [0.15, 0.2) is 41.3 Å². The molecule has 0 aliphatic carbocycles. The van der Waals surface area contributed by atoms with Crippen LogP contribution in [-0.4, -0.2) is 9.97 Å². The molecule has 2 aromatic heterocycles. The lowest BCUT2D eigenvalue weighted by Gasteiger charge is -2.22. The molecule has 3 nitrogen and oxygen atoms in total. The Bertz CT molecular complexity index is 926. The van der Waals surface area contributed by atoms with Gasteiger partial charge in [-0.15, -0.1) is 0 Å². The Morgan fingerprint density at radius 3 is 2.30 bits per heavy atom. The maximum atomic E-state index is 5.46. The molecule has 2 atom stereocenters. The quantitative estimate of drug-likeness (QED) is 0.520. The van der Waals surface area contributed by atoms with Gasteiger partial charge in [-0.25, -0.2) is 4.98 Å². The average Bonchev–Trinajstić information content (AvgIpc) is 3.09. The zero-order valence-electron chi connectivity index (χ0n) is 17.3. The van der Waals surface area contributed by atoms with E-state index in [0.717, 1.165) is 30.0 Å². The van der Waals surface area contributed by atoms with Crippen molar-refractivity contribution in [3.63, 3.8) is 0 Å². The van der Waals surface area contributed by atoms with E-state index in [2.05, 4.69) is 63.9 Å². The fourth-order valence-corrected chi connectivity index (χ4v) is 4.28. The van der Waals surface area contributed by atoms with Crippen molar-refractivity contribution in [2.24, 2.45) is 0 Å². The van der Waals surface area contributed by atoms with E-state index in [-0.39, 0.29) is 5.92 Å². The van der Waals surface area contributed by atoms with Crippen molar-refractivity contribution in [2.75, 3.05) is 0 Å². The molecule has 1 aromatic carbocycles. The van der Waals surface area contributed by atoms with Gasteiger partial charge in [0.2, 0.25) is 0 Å². The SMILES string of the molecule is CCc1cccc(C(C)c2ccnc(C(CC)c3ncoc3C)c2C)c1C. The summed E-state index contributed by atoms with van der Waals surface area (Å²) in [4.78, 5) is 9.22. The van der Waals surface area contributed by atoms with Crippen LogP contribution < -0.4 is 0 Å². The molecule has 0 radical (unpaired) electrons. The molecule has 0 amide bonds. The van der Waals surface area contributed by atoms with E-state index in [1.807, 2.05) is 13.1 Å². The number of nitrogens with zero attached hydrogens (tertiary/aromatic N) is 2. The Balaban J connectivity index is 2.06. The Kier molecular flexibility index (Phi) is 5.79. The lowest BCUT2D eigenvalue weighted by molar-refractivity contribution is 0.521.